The van der Waals surface area contributed by atoms with Gasteiger partial charge < -0.3 is 16.0 Å². The Bertz CT molecular complexity index is 462. The molecule has 124 valence electrons. The summed E-state index contributed by atoms with van der Waals surface area (Å²) in [6.07, 6.45) is 0. The molecule has 5 nitrogen and oxygen atoms in total. The number of aliphatic imine (C=N–C) groups is 1. The molecule has 0 saturated heterocycles. The largest absolute Gasteiger partial charge is 0.355 e. The molecule has 0 bridgehead atoms. The standard InChI is InChI=1S/C16H26N4O.HI/c1-12(2)15(21)18-10-11-19-16(17-4)20-13(3)14-8-6-5-7-9-14;/h5-9,12-13H,10-11H2,1-4H3,(H,18,21)(H2,17,19,20);1H. The van der Waals surface area contributed by atoms with Crippen LogP contribution in [-0.2, 0) is 4.79 Å². The van der Waals surface area contributed by atoms with Crippen molar-refractivity contribution < 1.29 is 4.79 Å². The van der Waals surface area contributed by atoms with Crippen LogP contribution >= 0.6 is 24.0 Å². The highest BCUT2D eigenvalue weighted by molar-refractivity contribution is 14.0. The average molecular weight is 418 g/mol. The van der Waals surface area contributed by atoms with Crippen molar-refractivity contribution in [3.05, 3.63) is 35.9 Å². The van der Waals surface area contributed by atoms with Gasteiger partial charge in [-0.25, -0.2) is 0 Å². The number of guanidine groups is 1. The summed E-state index contributed by atoms with van der Waals surface area (Å²) in [7, 11) is 1.74. The number of nitrogens with one attached hydrogen (secondary N) is 3. The highest BCUT2D eigenvalue weighted by atomic mass is 127. The third-order valence-electron chi connectivity index (χ3n) is 3.12. The van der Waals surface area contributed by atoms with Gasteiger partial charge >= 0.3 is 0 Å². The van der Waals surface area contributed by atoms with Crippen LogP contribution in [0.3, 0.4) is 0 Å². The zero-order valence-electron chi connectivity index (χ0n) is 13.7. The van der Waals surface area contributed by atoms with Crippen molar-refractivity contribution in [1.29, 1.82) is 0 Å². The van der Waals surface area contributed by atoms with Gasteiger partial charge in [0, 0.05) is 26.1 Å². The molecule has 1 unspecified atom stereocenters. The molecule has 0 aliphatic rings. The number of nitrogens with zero attached hydrogens (tertiary/aromatic N) is 1. The topological polar surface area (TPSA) is 65.5 Å². The highest BCUT2D eigenvalue weighted by Crippen LogP contribution is 2.10. The lowest BCUT2D eigenvalue weighted by Crippen LogP contribution is -2.42. The second-order valence-corrected chi connectivity index (χ2v) is 5.22. The monoisotopic (exact) mass is 418 g/mol. The molecule has 6 heteroatoms. The first-order valence-corrected chi connectivity index (χ1v) is 7.34. The Balaban J connectivity index is 0.00000441. The van der Waals surface area contributed by atoms with E-state index >= 15 is 0 Å². The Kier molecular flexibility index (Phi) is 10.6. The maximum atomic E-state index is 11.4. The number of carbonyl (C=O) groups is 1. The van der Waals surface area contributed by atoms with Gasteiger partial charge in [-0.05, 0) is 12.5 Å². The molecule has 0 radical (unpaired) electrons. The van der Waals surface area contributed by atoms with Crippen molar-refractivity contribution >= 4 is 35.8 Å². The van der Waals surface area contributed by atoms with Crippen LogP contribution < -0.4 is 16.0 Å². The molecule has 0 aliphatic carbocycles. The normalized spacial score (nSPS) is 12.3. The van der Waals surface area contributed by atoms with Crippen LogP contribution in [0, 0.1) is 5.92 Å². The third kappa shape index (κ3) is 7.63. The van der Waals surface area contributed by atoms with E-state index in [1.54, 1.807) is 7.05 Å². The quantitative estimate of drug-likeness (QED) is 0.288. The fraction of sp³-hybridized carbons (Fsp3) is 0.500. The fourth-order valence-electron chi connectivity index (χ4n) is 1.80. The molecule has 3 N–H and O–H groups in total. The molecule has 0 spiro atoms. The van der Waals surface area contributed by atoms with E-state index in [2.05, 4.69) is 40.0 Å². The van der Waals surface area contributed by atoms with Gasteiger partial charge in [0.2, 0.25) is 5.91 Å². The molecule has 1 aromatic carbocycles. The molecule has 0 aromatic heterocycles. The maximum Gasteiger partial charge on any atom is 0.222 e. The molecule has 1 amide bonds. The molecule has 1 atom stereocenters. The van der Waals surface area contributed by atoms with E-state index in [1.807, 2.05) is 32.0 Å². The first-order chi connectivity index (χ1) is 10.0. The van der Waals surface area contributed by atoms with Gasteiger partial charge in [0.15, 0.2) is 5.96 Å². The minimum atomic E-state index is 0. The molecule has 1 rings (SSSR count). The van der Waals surface area contributed by atoms with Crippen molar-refractivity contribution in [2.24, 2.45) is 10.9 Å². The van der Waals surface area contributed by atoms with Crippen molar-refractivity contribution in [1.82, 2.24) is 16.0 Å². The highest BCUT2D eigenvalue weighted by Gasteiger charge is 2.08. The summed E-state index contributed by atoms with van der Waals surface area (Å²) in [5.74, 6) is 0.808. The number of amides is 1. The fourth-order valence-corrected chi connectivity index (χ4v) is 1.80. The Morgan fingerprint density at radius 2 is 1.68 bits per heavy atom. The zero-order chi connectivity index (χ0) is 15.7. The van der Waals surface area contributed by atoms with E-state index in [0.717, 1.165) is 5.96 Å². The van der Waals surface area contributed by atoms with Gasteiger partial charge in [-0.15, -0.1) is 24.0 Å². The summed E-state index contributed by atoms with van der Waals surface area (Å²) in [6, 6.07) is 10.4. The van der Waals surface area contributed by atoms with Crippen LogP contribution in [0.25, 0.3) is 0 Å². The van der Waals surface area contributed by atoms with Crippen LogP contribution in [0.4, 0.5) is 0 Å². The second kappa shape index (κ2) is 11.3. The van der Waals surface area contributed by atoms with Crippen molar-refractivity contribution in [2.45, 2.75) is 26.8 Å². The lowest BCUT2D eigenvalue weighted by atomic mass is 10.1. The Morgan fingerprint density at radius 3 is 2.23 bits per heavy atom. The number of halogens is 1. The van der Waals surface area contributed by atoms with Crippen molar-refractivity contribution in [3.8, 4) is 0 Å². The average Bonchev–Trinajstić information content (AvgIpc) is 2.50. The summed E-state index contributed by atoms with van der Waals surface area (Å²) in [4.78, 5) is 15.6. The summed E-state index contributed by atoms with van der Waals surface area (Å²) < 4.78 is 0. The minimum Gasteiger partial charge on any atom is -0.355 e. The van der Waals surface area contributed by atoms with Crippen LogP contribution in [-0.4, -0.2) is 32.0 Å². The Hall–Kier alpha value is -1.31. The van der Waals surface area contributed by atoms with Crippen LogP contribution in [0.1, 0.15) is 32.4 Å². The summed E-state index contributed by atoms with van der Waals surface area (Å²) in [6.45, 7) is 7.06. The summed E-state index contributed by atoms with van der Waals surface area (Å²) >= 11 is 0. The molecular formula is C16H27IN4O. The van der Waals surface area contributed by atoms with E-state index in [4.69, 9.17) is 0 Å². The lowest BCUT2D eigenvalue weighted by Gasteiger charge is -2.18. The number of benzene rings is 1. The lowest BCUT2D eigenvalue weighted by molar-refractivity contribution is -0.123. The number of hydrogen-bond donors (Lipinski definition) is 3. The number of rotatable bonds is 6. The molecule has 0 saturated carbocycles. The van der Waals surface area contributed by atoms with Crippen LogP contribution in [0.5, 0.6) is 0 Å². The van der Waals surface area contributed by atoms with E-state index in [9.17, 15) is 4.79 Å². The van der Waals surface area contributed by atoms with Crippen LogP contribution in [0.2, 0.25) is 0 Å². The minimum absolute atomic E-state index is 0. The summed E-state index contributed by atoms with van der Waals surface area (Å²) in [5, 5.41) is 9.37. The van der Waals surface area contributed by atoms with E-state index in [0.29, 0.717) is 13.1 Å². The molecule has 0 fully saturated rings. The smallest absolute Gasteiger partial charge is 0.222 e. The van der Waals surface area contributed by atoms with Gasteiger partial charge in [0.25, 0.3) is 0 Å². The zero-order valence-corrected chi connectivity index (χ0v) is 16.0. The SMILES string of the molecule is CN=C(NCCNC(=O)C(C)C)NC(C)c1ccccc1.I. The van der Waals surface area contributed by atoms with Gasteiger partial charge in [0.05, 0.1) is 6.04 Å². The number of hydrogen-bond acceptors (Lipinski definition) is 2. The molecule has 1 aromatic rings. The molecule has 22 heavy (non-hydrogen) atoms. The summed E-state index contributed by atoms with van der Waals surface area (Å²) in [5.41, 5.74) is 1.20. The Labute approximate surface area is 150 Å². The van der Waals surface area contributed by atoms with E-state index < -0.39 is 0 Å². The van der Waals surface area contributed by atoms with E-state index in [1.165, 1.54) is 5.56 Å². The van der Waals surface area contributed by atoms with E-state index in [-0.39, 0.29) is 41.8 Å². The number of carbonyl (C=O) groups excluding carboxylic acids is 1. The second-order valence-electron chi connectivity index (χ2n) is 5.22. The van der Waals surface area contributed by atoms with Crippen LogP contribution in [0.15, 0.2) is 35.3 Å². The van der Waals surface area contributed by atoms with Gasteiger partial charge in [-0.1, -0.05) is 44.2 Å². The molecule has 0 heterocycles. The van der Waals surface area contributed by atoms with Gasteiger partial charge in [-0.3, -0.25) is 9.79 Å². The van der Waals surface area contributed by atoms with Gasteiger partial charge in [-0.2, -0.15) is 0 Å². The third-order valence-corrected chi connectivity index (χ3v) is 3.12. The molecule has 0 aliphatic heterocycles. The Morgan fingerprint density at radius 1 is 1.09 bits per heavy atom. The maximum absolute atomic E-state index is 11.4. The first-order valence-electron chi connectivity index (χ1n) is 7.34. The van der Waals surface area contributed by atoms with Gasteiger partial charge in [0.1, 0.15) is 0 Å². The van der Waals surface area contributed by atoms with Crippen molar-refractivity contribution in [3.63, 3.8) is 0 Å². The van der Waals surface area contributed by atoms with Crippen molar-refractivity contribution in [2.75, 3.05) is 20.1 Å². The predicted octanol–water partition coefficient (Wildman–Crippen LogP) is 2.30. The predicted molar refractivity (Wildman–Crippen MR) is 103 cm³/mol. The molecular weight excluding hydrogens is 391 g/mol. The first kappa shape index (κ1) is 20.7.